The van der Waals surface area contributed by atoms with Crippen molar-refractivity contribution in [1.82, 2.24) is 20.8 Å². The number of halogens is 2. The number of carbonyl (C=O) groups is 2. The average molecular weight is 493 g/mol. The lowest BCUT2D eigenvalue weighted by Crippen LogP contribution is -2.67. The quantitative estimate of drug-likeness (QED) is 0.516. The van der Waals surface area contributed by atoms with Gasteiger partial charge in [0.2, 0.25) is 11.8 Å². The van der Waals surface area contributed by atoms with Crippen LogP contribution in [0, 0.1) is 11.2 Å². The van der Waals surface area contributed by atoms with Crippen molar-refractivity contribution in [2.24, 2.45) is 5.41 Å². The molecule has 3 aliphatic carbocycles. The van der Waals surface area contributed by atoms with E-state index in [1.807, 2.05) is 0 Å². The van der Waals surface area contributed by atoms with Crippen molar-refractivity contribution in [3.8, 4) is 11.6 Å². The van der Waals surface area contributed by atoms with Gasteiger partial charge in [-0.15, -0.1) is 5.10 Å². The summed E-state index contributed by atoms with van der Waals surface area (Å²) in [5.41, 5.74) is -0.905. The van der Waals surface area contributed by atoms with Gasteiger partial charge in [-0.2, -0.15) is 5.10 Å². The molecule has 1 atom stereocenters. The van der Waals surface area contributed by atoms with Crippen LogP contribution in [0.3, 0.4) is 0 Å². The van der Waals surface area contributed by atoms with E-state index in [4.69, 9.17) is 21.1 Å². The Labute approximate surface area is 201 Å². The van der Waals surface area contributed by atoms with Gasteiger partial charge in [0, 0.05) is 12.1 Å². The fourth-order valence-corrected chi connectivity index (χ4v) is 4.86. The highest BCUT2D eigenvalue weighted by molar-refractivity contribution is 6.30. The maximum absolute atomic E-state index is 13.5. The predicted octanol–water partition coefficient (Wildman–Crippen LogP) is 2.15. The lowest BCUT2D eigenvalue weighted by atomic mass is 9.55. The van der Waals surface area contributed by atoms with Gasteiger partial charge in [-0.1, -0.05) is 11.6 Å². The first-order valence-electron chi connectivity index (χ1n) is 11.0. The van der Waals surface area contributed by atoms with Crippen molar-refractivity contribution in [2.75, 3.05) is 13.7 Å². The van der Waals surface area contributed by atoms with Gasteiger partial charge < -0.3 is 25.2 Å². The van der Waals surface area contributed by atoms with Gasteiger partial charge in [0.1, 0.15) is 11.6 Å². The number of nitrogens with zero attached hydrogens (tertiary/aromatic N) is 2. The molecule has 2 bridgehead atoms. The summed E-state index contributed by atoms with van der Waals surface area (Å²) in [6.07, 6.45) is 1.37. The summed E-state index contributed by atoms with van der Waals surface area (Å²) in [6.45, 7) is -0.109. The molecule has 3 N–H and O–H groups in total. The second-order valence-corrected chi connectivity index (χ2v) is 9.23. The summed E-state index contributed by atoms with van der Waals surface area (Å²) in [5.74, 6) is -0.634. The molecule has 182 valence electrons. The fourth-order valence-electron chi connectivity index (χ4n) is 4.74. The molecule has 3 aliphatic rings. The van der Waals surface area contributed by atoms with E-state index in [1.54, 1.807) is 12.1 Å². The first kappa shape index (κ1) is 24.2. The molecule has 11 heteroatoms. The van der Waals surface area contributed by atoms with Crippen LogP contribution in [0.15, 0.2) is 30.3 Å². The number of aromatic nitrogens is 2. The zero-order valence-electron chi connectivity index (χ0n) is 18.6. The number of methoxy groups -OCH3 is 1. The summed E-state index contributed by atoms with van der Waals surface area (Å²) in [6, 6.07) is 7.32. The topological polar surface area (TPSA) is 123 Å². The molecule has 1 heterocycles. The molecular formula is C23H26ClFN4O5. The van der Waals surface area contributed by atoms with Crippen LogP contribution in [0.2, 0.25) is 5.02 Å². The number of carbonyl (C=O) groups excluding carboxylic acids is 2. The van der Waals surface area contributed by atoms with Gasteiger partial charge in [-0.25, -0.2) is 4.39 Å². The first-order valence-corrected chi connectivity index (χ1v) is 11.3. The Morgan fingerprint density at radius 2 is 1.97 bits per heavy atom. The molecule has 1 aromatic carbocycles. The van der Waals surface area contributed by atoms with Gasteiger partial charge >= 0.3 is 0 Å². The van der Waals surface area contributed by atoms with Crippen molar-refractivity contribution in [3.05, 3.63) is 46.9 Å². The van der Waals surface area contributed by atoms with Crippen LogP contribution in [0.1, 0.15) is 37.8 Å². The third-order valence-electron chi connectivity index (χ3n) is 6.79. The number of hydrogen-bond donors (Lipinski definition) is 3. The SMILES string of the molecule is COc1ccc(CNC(=O)C23CCC(NC(=O)COc4ccc(Cl)c(F)c4)(CC2)C(O)C3)nn1. The third kappa shape index (κ3) is 4.92. The fraction of sp³-hybridized carbons (Fsp3) is 0.478. The molecule has 1 unspecified atom stereocenters. The molecule has 9 nitrogen and oxygen atoms in total. The van der Waals surface area contributed by atoms with Crippen molar-refractivity contribution in [3.63, 3.8) is 0 Å². The molecular weight excluding hydrogens is 467 g/mol. The summed E-state index contributed by atoms with van der Waals surface area (Å²) in [7, 11) is 1.50. The molecule has 1 aromatic heterocycles. The number of rotatable bonds is 8. The van der Waals surface area contributed by atoms with Crippen LogP contribution < -0.4 is 20.1 Å². The van der Waals surface area contributed by atoms with Crippen LogP contribution in [0.5, 0.6) is 11.6 Å². The zero-order valence-corrected chi connectivity index (χ0v) is 19.4. The van der Waals surface area contributed by atoms with Gasteiger partial charge in [0.25, 0.3) is 5.91 Å². The molecule has 0 spiro atoms. The summed E-state index contributed by atoms with van der Waals surface area (Å²) in [5, 5.41) is 24.5. The Bertz CT molecular complexity index is 1060. The average Bonchev–Trinajstić information content (AvgIpc) is 2.84. The van der Waals surface area contributed by atoms with E-state index in [-0.39, 0.29) is 36.3 Å². The Morgan fingerprint density at radius 1 is 1.21 bits per heavy atom. The molecule has 2 amide bonds. The van der Waals surface area contributed by atoms with Crippen LogP contribution in [-0.4, -0.2) is 52.5 Å². The number of aliphatic hydroxyl groups excluding tert-OH is 1. The number of aliphatic hydroxyl groups is 1. The summed E-state index contributed by atoms with van der Waals surface area (Å²) >= 11 is 5.65. The number of ether oxygens (including phenoxy) is 2. The van der Waals surface area contributed by atoms with Crippen LogP contribution in [0.4, 0.5) is 4.39 Å². The Morgan fingerprint density at radius 3 is 2.59 bits per heavy atom. The highest BCUT2D eigenvalue weighted by atomic mass is 35.5. The highest BCUT2D eigenvalue weighted by Gasteiger charge is 2.57. The Hall–Kier alpha value is -2.98. The van der Waals surface area contributed by atoms with Gasteiger partial charge in [0.05, 0.1) is 41.4 Å². The van der Waals surface area contributed by atoms with Gasteiger partial charge in [0.15, 0.2) is 6.61 Å². The molecule has 3 saturated carbocycles. The van der Waals surface area contributed by atoms with Crippen LogP contribution in [-0.2, 0) is 16.1 Å². The van der Waals surface area contributed by atoms with E-state index in [2.05, 4.69) is 20.8 Å². The number of amides is 2. The van der Waals surface area contributed by atoms with Crippen LogP contribution >= 0.6 is 11.6 Å². The van der Waals surface area contributed by atoms with E-state index >= 15 is 0 Å². The van der Waals surface area contributed by atoms with Crippen molar-refractivity contribution < 1.29 is 28.6 Å². The second-order valence-electron chi connectivity index (χ2n) is 8.82. The van der Waals surface area contributed by atoms with Crippen molar-refractivity contribution in [1.29, 1.82) is 0 Å². The normalized spacial score (nSPS) is 25.5. The molecule has 0 radical (unpaired) electrons. The maximum atomic E-state index is 13.5. The molecule has 2 aromatic rings. The minimum atomic E-state index is -0.876. The summed E-state index contributed by atoms with van der Waals surface area (Å²) in [4.78, 5) is 25.5. The highest BCUT2D eigenvalue weighted by Crippen LogP contribution is 2.52. The lowest BCUT2D eigenvalue weighted by Gasteiger charge is -2.55. The van der Waals surface area contributed by atoms with Crippen LogP contribution in [0.25, 0.3) is 0 Å². The van der Waals surface area contributed by atoms with Crippen molar-refractivity contribution >= 4 is 23.4 Å². The smallest absolute Gasteiger partial charge is 0.258 e. The van der Waals surface area contributed by atoms with E-state index in [0.717, 1.165) is 6.07 Å². The van der Waals surface area contributed by atoms with Gasteiger partial charge in [-0.3, -0.25) is 9.59 Å². The first-order chi connectivity index (χ1) is 16.2. The third-order valence-corrected chi connectivity index (χ3v) is 7.09. The molecule has 34 heavy (non-hydrogen) atoms. The lowest BCUT2D eigenvalue weighted by molar-refractivity contribution is -0.151. The molecule has 0 aliphatic heterocycles. The molecule has 0 saturated heterocycles. The monoisotopic (exact) mass is 492 g/mol. The largest absolute Gasteiger partial charge is 0.484 e. The zero-order chi connectivity index (χ0) is 24.3. The second kappa shape index (κ2) is 9.71. The number of nitrogens with one attached hydrogen (secondary N) is 2. The van der Waals surface area contributed by atoms with E-state index in [1.165, 1.54) is 19.2 Å². The summed E-state index contributed by atoms with van der Waals surface area (Å²) < 4.78 is 23.9. The Balaban J connectivity index is 1.30. The maximum Gasteiger partial charge on any atom is 0.258 e. The minimum Gasteiger partial charge on any atom is -0.484 e. The standard InChI is InChI=1S/C23H26ClFN4O5/c1-33-20-5-2-14(28-29-20)12-26-21(32)22-6-8-23(9-7-22,18(30)11-22)27-19(31)13-34-15-3-4-16(24)17(25)10-15/h2-5,10,18,30H,6-9,11-13H2,1H3,(H,26,32)(H,27,31). The van der Waals surface area contributed by atoms with E-state index < -0.39 is 28.8 Å². The number of hydrogen-bond acceptors (Lipinski definition) is 7. The molecule has 5 rings (SSSR count). The predicted molar refractivity (Wildman–Crippen MR) is 120 cm³/mol. The number of fused-ring (bicyclic) bond motifs is 3. The minimum absolute atomic E-state index is 0.0346. The van der Waals surface area contributed by atoms with Crippen molar-refractivity contribution in [2.45, 2.75) is 50.3 Å². The number of benzene rings is 1. The molecule has 3 fully saturated rings. The van der Waals surface area contributed by atoms with E-state index in [9.17, 15) is 19.1 Å². The van der Waals surface area contributed by atoms with E-state index in [0.29, 0.717) is 37.3 Å². The van der Waals surface area contributed by atoms with Gasteiger partial charge in [-0.05, 0) is 50.3 Å². The Kier molecular flexibility index (Phi) is 6.90.